The van der Waals surface area contributed by atoms with Crippen molar-refractivity contribution >= 4 is 11.3 Å². The summed E-state index contributed by atoms with van der Waals surface area (Å²) in [7, 11) is 0. The number of aromatic nitrogens is 2. The molecule has 0 fully saturated rings. The first-order valence-corrected chi connectivity index (χ1v) is 9.40. The van der Waals surface area contributed by atoms with Crippen molar-refractivity contribution in [1.82, 2.24) is 15.5 Å². The fraction of sp³-hybridized carbons (Fsp3) is 0.200. The second-order valence-corrected chi connectivity index (χ2v) is 7.19. The zero-order valence-corrected chi connectivity index (χ0v) is 15.7. The largest absolute Gasteiger partial charge is 0.466 e. The van der Waals surface area contributed by atoms with Crippen molar-refractivity contribution in [1.29, 1.82) is 0 Å². The summed E-state index contributed by atoms with van der Waals surface area (Å²) in [6.07, 6.45) is 0. The van der Waals surface area contributed by atoms with Crippen LogP contribution < -0.4 is 5.32 Å². The minimum atomic E-state index is -0.254. The van der Waals surface area contributed by atoms with Gasteiger partial charge in [0.15, 0.2) is 0 Å². The molecule has 0 aliphatic carbocycles. The summed E-state index contributed by atoms with van der Waals surface area (Å²) < 4.78 is 24.6. The molecule has 0 bridgehead atoms. The summed E-state index contributed by atoms with van der Waals surface area (Å²) in [5, 5.41) is 13.7. The minimum absolute atomic E-state index is 0.0844. The van der Waals surface area contributed by atoms with Crippen LogP contribution in [0.4, 0.5) is 4.39 Å². The monoisotopic (exact) mass is 383 g/mol. The van der Waals surface area contributed by atoms with Gasteiger partial charge in [-0.3, -0.25) is 5.32 Å². The average molecular weight is 383 g/mol. The van der Waals surface area contributed by atoms with Crippen molar-refractivity contribution < 1.29 is 13.2 Å². The number of hydrogen-bond donors (Lipinski definition) is 1. The van der Waals surface area contributed by atoms with E-state index in [1.165, 1.54) is 12.1 Å². The number of thiophene rings is 1. The van der Waals surface area contributed by atoms with Crippen molar-refractivity contribution in [2.24, 2.45) is 0 Å². The molecule has 27 heavy (non-hydrogen) atoms. The van der Waals surface area contributed by atoms with Crippen LogP contribution in [0.1, 0.15) is 33.9 Å². The topological polar surface area (TPSA) is 64.1 Å². The molecule has 5 nitrogen and oxygen atoms in total. The van der Waals surface area contributed by atoms with E-state index in [1.54, 1.807) is 23.5 Å². The summed E-state index contributed by atoms with van der Waals surface area (Å²) in [6.45, 7) is 4.14. The van der Waals surface area contributed by atoms with Gasteiger partial charge >= 0.3 is 0 Å². The zero-order chi connectivity index (χ0) is 18.8. The molecule has 3 heterocycles. The predicted octanol–water partition coefficient (Wildman–Crippen LogP) is 5.03. The maximum atomic E-state index is 13.3. The molecule has 0 aliphatic rings. The van der Waals surface area contributed by atoms with Crippen LogP contribution in [0.3, 0.4) is 0 Å². The van der Waals surface area contributed by atoms with E-state index in [2.05, 4.69) is 15.5 Å². The molecule has 1 N–H and O–H groups in total. The van der Waals surface area contributed by atoms with Crippen LogP contribution in [0.2, 0.25) is 0 Å². The second kappa shape index (κ2) is 7.46. The first-order chi connectivity index (χ1) is 13.1. The SMILES string of the molecule is Cc1cc(-c2nnc(CN[C@@H](c3ccc(F)cc3)c3cccs3)o2)c(C)o1. The van der Waals surface area contributed by atoms with Gasteiger partial charge in [-0.25, -0.2) is 4.39 Å². The Morgan fingerprint density at radius 1 is 1.11 bits per heavy atom. The molecule has 0 saturated carbocycles. The number of rotatable bonds is 6. The second-order valence-electron chi connectivity index (χ2n) is 6.21. The fourth-order valence-electron chi connectivity index (χ4n) is 2.96. The lowest BCUT2D eigenvalue weighted by Gasteiger charge is -2.17. The lowest BCUT2D eigenvalue weighted by Crippen LogP contribution is -2.21. The summed E-state index contributed by atoms with van der Waals surface area (Å²) in [6, 6.07) is 12.3. The lowest BCUT2D eigenvalue weighted by molar-refractivity contribution is 0.461. The third kappa shape index (κ3) is 3.84. The Morgan fingerprint density at radius 2 is 1.93 bits per heavy atom. The smallest absolute Gasteiger partial charge is 0.251 e. The molecule has 0 amide bonds. The van der Waals surface area contributed by atoms with Gasteiger partial charge < -0.3 is 8.83 Å². The molecule has 4 aromatic rings. The van der Waals surface area contributed by atoms with Crippen LogP contribution in [0, 0.1) is 19.7 Å². The highest BCUT2D eigenvalue weighted by Gasteiger charge is 2.18. The molecule has 0 radical (unpaired) electrons. The molecule has 3 aromatic heterocycles. The van der Waals surface area contributed by atoms with E-state index < -0.39 is 0 Å². The van der Waals surface area contributed by atoms with E-state index in [0.717, 1.165) is 27.5 Å². The van der Waals surface area contributed by atoms with Gasteiger partial charge in [-0.15, -0.1) is 21.5 Å². The average Bonchev–Trinajstić information content (AvgIpc) is 3.38. The van der Waals surface area contributed by atoms with Crippen molar-refractivity contribution in [3.63, 3.8) is 0 Å². The lowest BCUT2D eigenvalue weighted by atomic mass is 10.1. The molecular weight excluding hydrogens is 365 g/mol. The van der Waals surface area contributed by atoms with Crippen LogP contribution in [-0.4, -0.2) is 10.2 Å². The van der Waals surface area contributed by atoms with Crippen molar-refractivity contribution in [2.75, 3.05) is 0 Å². The Bertz CT molecular complexity index is 1020. The van der Waals surface area contributed by atoms with Gasteiger partial charge in [0, 0.05) is 4.88 Å². The van der Waals surface area contributed by atoms with Crippen LogP contribution >= 0.6 is 11.3 Å². The number of benzene rings is 1. The Hall–Kier alpha value is -2.77. The van der Waals surface area contributed by atoms with E-state index in [9.17, 15) is 4.39 Å². The van der Waals surface area contributed by atoms with E-state index in [0.29, 0.717) is 18.3 Å². The number of hydrogen-bond acceptors (Lipinski definition) is 6. The first-order valence-electron chi connectivity index (χ1n) is 8.52. The van der Waals surface area contributed by atoms with Gasteiger partial charge in [0.25, 0.3) is 5.89 Å². The molecule has 0 saturated heterocycles. The maximum absolute atomic E-state index is 13.3. The van der Waals surface area contributed by atoms with E-state index in [-0.39, 0.29) is 11.9 Å². The van der Waals surface area contributed by atoms with E-state index >= 15 is 0 Å². The highest BCUT2D eigenvalue weighted by molar-refractivity contribution is 7.10. The first kappa shape index (κ1) is 17.6. The molecule has 138 valence electrons. The van der Waals surface area contributed by atoms with Crippen molar-refractivity contribution in [2.45, 2.75) is 26.4 Å². The molecule has 4 rings (SSSR count). The fourth-order valence-corrected chi connectivity index (χ4v) is 3.79. The van der Waals surface area contributed by atoms with Crippen LogP contribution in [-0.2, 0) is 6.54 Å². The molecular formula is C20H18FN3O2S. The number of aryl methyl sites for hydroxylation is 2. The summed E-state index contributed by atoms with van der Waals surface area (Å²) >= 11 is 1.64. The Morgan fingerprint density at radius 3 is 2.59 bits per heavy atom. The van der Waals surface area contributed by atoms with Crippen molar-refractivity contribution in [3.8, 4) is 11.5 Å². The van der Waals surface area contributed by atoms with Crippen LogP contribution in [0.5, 0.6) is 0 Å². The summed E-state index contributed by atoms with van der Waals surface area (Å²) in [4.78, 5) is 1.13. The maximum Gasteiger partial charge on any atom is 0.251 e. The molecule has 0 spiro atoms. The molecule has 7 heteroatoms. The molecule has 1 aromatic carbocycles. The quantitative estimate of drug-likeness (QED) is 0.506. The summed E-state index contributed by atoms with van der Waals surface area (Å²) in [5.41, 5.74) is 1.78. The normalized spacial score (nSPS) is 12.4. The third-order valence-corrected chi connectivity index (χ3v) is 5.16. The van der Waals surface area contributed by atoms with E-state index in [4.69, 9.17) is 8.83 Å². The standard InChI is InChI=1S/C20H18FN3O2S/c1-12-10-16(13(2)25-12)20-24-23-18(26-20)11-22-19(17-4-3-9-27-17)14-5-7-15(21)8-6-14/h3-10,19,22H,11H2,1-2H3/t19-/m0/s1. The van der Waals surface area contributed by atoms with Gasteiger partial charge in [-0.05, 0) is 49.1 Å². The summed E-state index contributed by atoms with van der Waals surface area (Å²) in [5.74, 6) is 2.21. The number of nitrogens with zero attached hydrogens (tertiary/aromatic N) is 2. The van der Waals surface area contributed by atoms with Gasteiger partial charge in [0.1, 0.15) is 17.3 Å². The van der Waals surface area contributed by atoms with Crippen LogP contribution in [0.15, 0.2) is 56.7 Å². The number of furan rings is 1. The zero-order valence-electron chi connectivity index (χ0n) is 14.9. The predicted molar refractivity (Wildman–Crippen MR) is 101 cm³/mol. The molecule has 0 unspecified atom stereocenters. The Labute approximate surface area is 159 Å². The highest BCUT2D eigenvalue weighted by atomic mass is 32.1. The van der Waals surface area contributed by atoms with Gasteiger partial charge in [0.05, 0.1) is 18.2 Å². The number of halogens is 1. The van der Waals surface area contributed by atoms with Gasteiger partial charge in [-0.2, -0.15) is 0 Å². The van der Waals surface area contributed by atoms with Crippen LogP contribution in [0.25, 0.3) is 11.5 Å². The third-order valence-electron chi connectivity index (χ3n) is 4.23. The Kier molecular flexibility index (Phi) is 4.87. The Balaban J connectivity index is 1.53. The van der Waals surface area contributed by atoms with Gasteiger partial charge in [-0.1, -0.05) is 18.2 Å². The minimum Gasteiger partial charge on any atom is -0.466 e. The molecule has 1 atom stereocenters. The molecule has 0 aliphatic heterocycles. The van der Waals surface area contributed by atoms with Crippen molar-refractivity contribution in [3.05, 3.63) is 81.5 Å². The van der Waals surface area contributed by atoms with Gasteiger partial charge in [0.2, 0.25) is 5.89 Å². The highest BCUT2D eigenvalue weighted by Crippen LogP contribution is 2.28. The number of nitrogens with one attached hydrogen (secondary N) is 1. The van der Waals surface area contributed by atoms with E-state index in [1.807, 2.05) is 37.4 Å².